The van der Waals surface area contributed by atoms with Crippen molar-refractivity contribution in [3.05, 3.63) is 35.9 Å². The van der Waals surface area contributed by atoms with Gasteiger partial charge in [0.15, 0.2) is 0 Å². The monoisotopic (exact) mass is 158 g/mol. The van der Waals surface area contributed by atoms with Crippen LogP contribution in [0.1, 0.15) is 5.56 Å². The van der Waals surface area contributed by atoms with Crippen LogP contribution >= 0.6 is 21.7 Å². The first-order valence-corrected chi connectivity index (χ1v) is 4.52. The van der Waals surface area contributed by atoms with Crippen molar-refractivity contribution in [2.24, 2.45) is 0 Å². The molecule has 2 heteroatoms. The first kappa shape index (κ1) is 6.97. The predicted molar refractivity (Wildman–Crippen MR) is 43.6 cm³/mol. The van der Waals surface area contributed by atoms with Crippen LogP contribution in [0.25, 0.3) is 0 Å². The van der Waals surface area contributed by atoms with Gasteiger partial charge in [0, 0.05) is 5.75 Å². The topological polar surface area (TPSA) is 0 Å². The maximum Gasteiger partial charge on any atom is 0.0336 e. The fourth-order valence-electron chi connectivity index (χ4n) is 0.637. The van der Waals surface area contributed by atoms with Crippen molar-refractivity contribution in [1.82, 2.24) is 0 Å². The maximum absolute atomic E-state index is 5.45. The van der Waals surface area contributed by atoms with Gasteiger partial charge in [-0.2, -0.15) is 0 Å². The molecule has 0 fully saturated rings. The van der Waals surface area contributed by atoms with E-state index >= 15 is 0 Å². The molecule has 0 unspecified atom stereocenters. The van der Waals surface area contributed by atoms with Gasteiger partial charge in [-0.05, 0) is 16.2 Å². The van der Waals surface area contributed by atoms with E-state index in [0.29, 0.717) is 0 Å². The van der Waals surface area contributed by atoms with Crippen molar-refractivity contribution in [3.63, 3.8) is 0 Å². The Bertz CT molecular complexity index is 162. The first-order chi connectivity index (χ1) is 4.43. The molecule has 0 saturated carbocycles. The Labute approximate surface area is 63.7 Å². The van der Waals surface area contributed by atoms with E-state index in [0.717, 1.165) is 5.75 Å². The smallest absolute Gasteiger partial charge is 0.0336 e. The largest absolute Gasteiger partial charge is 0.0622 e. The Morgan fingerprint density at radius 3 is 2.44 bits per heavy atom. The molecule has 0 aliphatic heterocycles. The molecule has 0 bridgehead atoms. The summed E-state index contributed by atoms with van der Waals surface area (Å²) in [5.74, 6) is 0.891. The Kier molecular flexibility index (Phi) is 2.95. The van der Waals surface area contributed by atoms with E-state index in [1.165, 1.54) is 16.5 Å². The minimum atomic E-state index is 0.891. The molecule has 0 N–H and O–H groups in total. The molecule has 0 aliphatic carbocycles. The van der Waals surface area contributed by atoms with Crippen molar-refractivity contribution in [2.75, 3.05) is 0 Å². The Balaban J connectivity index is 2.61. The van der Waals surface area contributed by atoms with E-state index in [2.05, 4.69) is 12.1 Å². The number of rotatable bonds is 2. The molecular weight excluding hydrogens is 152 g/mol. The van der Waals surface area contributed by atoms with Crippen molar-refractivity contribution in [1.29, 1.82) is 0 Å². The predicted octanol–water partition coefficient (Wildman–Crippen LogP) is 3.07. The van der Waals surface area contributed by atoms with Gasteiger partial charge in [-0.15, -0.1) is 0 Å². The van der Waals surface area contributed by atoms with Crippen LogP contribution in [-0.2, 0) is 5.75 Å². The zero-order chi connectivity index (χ0) is 6.53. The quantitative estimate of drug-likeness (QED) is 0.638. The van der Waals surface area contributed by atoms with Crippen LogP contribution in [0.5, 0.6) is 0 Å². The van der Waals surface area contributed by atoms with Gasteiger partial charge in [0.25, 0.3) is 0 Å². The van der Waals surface area contributed by atoms with Crippen LogP contribution in [0.3, 0.4) is 0 Å². The van der Waals surface area contributed by atoms with Crippen LogP contribution in [0, 0.1) is 0 Å². The Hall–Kier alpha value is -0.140. The normalized spacial score (nSPS) is 9.44. The SMILES string of the molecule is ClSCc1ccccc1. The fraction of sp³-hybridized carbons (Fsp3) is 0.143. The summed E-state index contributed by atoms with van der Waals surface area (Å²) in [6, 6.07) is 10.2. The molecule has 0 atom stereocenters. The van der Waals surface area contributed by atoms with E-state index in [4.69, 9.17) is 10.7 Å². The van der Waals surface area contributed by atoms with E-state index in [9.17, 15) is 0 Å². The van der Waals surface area contributed by atoms with Gasteiger partial charge in [0.1, 0.15) is 0 Å². The molecule has 48 valence electrons. The summed E-state index contributed by atoms with van der Waals surface area (Å²) in [6.07, 6.45) is 0. The van der Waals surface area contributed by atoms with E-state index in [1.807, 2.05) is 18.2 Å². The van der Waals surface area contributed by atoms with E-state index < -0.39 is 0 Å². The molecule has 0 spiro atoms. The molecule has 1 aromatic carbocycles. The maximum atomic E-state index is 5.45. The Morgan fingerprint density at radius 2 is 1.89 bits per heavy atom. The molecule has 1 aromatic rings. The lowest BCUT2D eigenvalue weighted by molar-refractivity contribution is 1.43. The summed E-state index contributed by atoms with van der Waals surface area (Å²) in [5.41, 5.74) is 1.28. The van der Waals surface area contributed by atoms with Gasteiger partial charge in [0.05, 0.1) is 0 Å². The van der Waals surface area contributed by atoms with Crippen LogP contribution < -0.4 is 0 Å². The number of hydrogen-bond donors (Lipinski definition) is 0. The number of benzene rings is 1. The Morgan fingerprint density at radius 1 is 1.22 bits per heavy atom. The van der Waals surface area contributed by atoms with Crippen molar-refractivity contribution >= 4 is 21.7 Å². The first-order valence-electron chi connectivity index (χ1n) is 2.71. The van der Waals surface area contributed by atoms with Crippen LogP contribution in [0.4, 0.5) is 0 Å². The van der Waals surface area contributed by atoms with Gasteiger partial charge in [-0.1, -0.05) is 41.3 Å². The van der Waals surface area contributed by atoms with Gasteiger partial charge < -0.3 is 0 Å². The molecule has 0 aromatic heterocycles. The molecule has 0 nitrogen and oxygen atoms in total. The lowest BCUT2D eigenvalue weighted by Gasteiger charge is -1.92. The summed E-state index contributed by atoms with van der Waals surface area (Å²) in [7, 11) is 6.78. The number of halogens is 1. The molecule has 0 aliphatic rings. The summed E-state index contributed by atoms with van der Waals surface area (Å²) in [6.45, 7) is 0. The third kappa shape index (κ3) is 2.29. The van der Waals surface area contributed by atoms with Gasteiger partial charge >= 0.3 is 0 Å². The molecule has 0 radical (unpaired) electrons. The third-order valence-electron chi connectivity index (χ3n) is 1.06. The van der Waals surface area contributed by atoms with Crippen molar-refractivity contribution in [3.8, 4) is 0 Å². The van der Waals surface area contributed by atoms with Crippen LogP contribution in [0.2, 0.25) is 0 Å². The third-order valence-corrected chi connectivity index (χ3v) is 1.83. The lowest BCUT2D eigenvalue weighted by atomic mass is 10.2. The highest BCUT2D eigenvalue weighted by Crippen LogP contribution is 2.14. The average Bonchev–Trinajstić information content (AvgIpc) is 1.91. The molecule has 0 heterocycles. The molecule has 0 saturated heterocycles. The molecule has 9 heavy (non-hydrogen) atoms. The second-order valence-electron chi connectivity index (χ2n) is 1.74. The molecule has 0 amide bonds. The number of hydrogen-bond acceptors (Lipinski definition) is 1. The molecular formula is C7H7ClS. The van der Waals surface area contributed by atoms with Gasteiger partial charge in [-0.3, -0.25) is 0 Å². The average molecular weight is 159 g/mol. The lowest BCUT2D eigenvalue weighted by Crippen LogP contribution is -1.73. The van der Waals surface area contributed by atoms with E-state index in [-0.39, 0.29) is 0 Å². The highest BCUT2D eigenvalue weighted by atomic mass is 35.7. The second-order valence-corrected chi connectivity index (χ2v) is 2.90. The van der Waals surface area contributed by atoms with Gasteiger partial charge in [0.2, 0.25) is 0 Å². The standard InChI is InChI=1S/C7H7ClS/c8-9-6-7-4-2-1-3-5-7/h1-5H,6H2. The summed E-state index contributed by atoms with van der Waals surface area (Å²) < 4.78 is 0. The summed E-state index contributed by atoms with van der Waals surface area (Å²) in [4.78, 5) is 0. The molecule has 1 rings (SSSR count). The summed E-state index contributed by atoms with van der Waals surface area (Å²) in [5, 5.41) is 0. The van der Waals surface area contributed by atoms with Gasteiger partial charge in [-0.25, -0.2) is 0 Å². The minimum Gasteiger partial charge on any atom is -0.0622 e. The zero-order valence-electron chi connectivity index (χ0n) is 4.88. The van der Waals surface area contributed by atoms with Crippen molar-refractivity contribution in [2.45, 2.75) is 5.75 Å². The fourth-order valence-corrected chi connectivity index (χ4v) is 1.33. The zero-order valence-corrected chi connectivity index (χ0v) is 6.45. The highest BCUT2D eigenvalue weighted by molar-refractivity contribution is 8.20. The minimum absolute atomic E-state index is 0.891. The van der Waals surface area contributed by atoms with Crippen molar-refractivity contribution < 1.29 is 0 Å². The second kappa shape index (κ2) is 3.80. The summed E-state index contributed by atoms with van der Waals surface area (Å²) >= 11 is 0. The highest BCUT2D eigenvalue weighted by Gasteiger charge is 1.86. The van der Waals surface area contributed by atoms with Crippen LogP contribution in [0.15, 0.2) is 30.3 Å². The van der Waals surface area contributed by atoms with Crippen LogP contribution in [-0.4, -0.2) is 0 Å². The van der Waals surface area contributed by atoms with E-state index in [1.54, 1.807) is 0 Å².